The summed E-state index contributed by atoms with van der Waals surface area (Å²) >= 11 is 0. The van der Waals surface area contributed by atoms with Gasteiger partial charge in [0.25, 0.3) is 0 Å². The van der Waals surface area contributed by atoms with Crippen LogP contribution in [0.5, 0.6) is 0 Å². The van der Waals surface area contributed by atoms with E-state index in [9.17, 15) is 18.0 Å². The molecular formula is C23H30N2O4S. The molecule has 0 aliphatic heterocycles. The number of nitrogens with zero attached hydrogens (tertiary/aromatic N) is 1. The normalized spacial score (nSPS) is 12.6. The van der Waals surface area contributed by atoms with Crippen molar-refractivity contribution < 1.29 is 18.0 Å². The lowest BCUT2D eigenvalue weighted by Gasteiger charge is -2.25. The van der Waals surface area contributed by atoms with E-state index in [2.05, 4.69) is 13.8 Å². The summed E-state index contributed by atoms with van der Waals surface area (Å²) in [5, 5.41) is 5.11. The van der Waals surface area contributed by atoms with Crippen molar-refractivity contribution in [1.82, 2.24) is 4.90 Å². The molecule has 2 rings (SSSR count). The second kappa shape index (κ2) is 10.00. The molecule has 6 nitrogen and oxygen atoms in total. The van der Waals surface area contributed by atoms with E-state index in [1.54, 1.807) is 24.1 Å². The van der Waals surface area contributed by atoms with Crippen LogP contribution in [-0.4, -0.2) is 32.1 Å². The van der Waals surface area contributed by atoms with E-state index < -0.39 is 10.0 Å². The number of amides is 1. The van der Waals surface area contributed by atoms with Gasteiger partial charge in [0.05, 0.1) is 10.9 Å². The molecule has 2 N–H and O–H groups in total. The van der Waals surface area contributed by atoms with Crippen LogP contribution >= 0.6 is 0 Å². The number of hydrogen-bond donors (Lipinski definition) is 1. The summed E-state index contributed by atoms with van der Waals surface area (Å²) in [6.45, 7) is 6.15. The molecule has 0 aromatic heterocycles. The molecule has 0 fully saturated rings. The highest BCUT2D eigenvalue weighted by Gasteiger charge is 2.19. The highest BCUT2D eigenvalue weighted by atomic mass is 32.2. The number of sulfonamides is 1. The first-order valence-corrected chi connectivity index (χ1v) is 11.5. The van der Waals surface area contributed by atoms with Gasteiger partial charge in [-0.05, 0) is 42.5 Å². The van der Waals surface area contributed by atoms with Gasteiger partial charge in [-0.3, -0.25) is 9.59 Å². The SMILES string of the molecule is CC(C)Cc1ccc(C(=O)CCC(=O)N(C)[C@@H](C)c2ccc(S(N)(=O)=O)cc2)cc1. The standard InChI is InChI=1S/C23H30N2O4S/c1-16(2)15-18-5-7-20(8-6-18)22(26)13-14-23(27)25(4)17(3)19-9-11-21(12-10-19)30(24,28)29/h5-12,16-17H,13-15H2,1-4H3,(H2,24,28,29)/t17-/m0/s1. The summed E-state index contributed by atoms with van der Waals surface area (Å²) in [5.41, 5.74) is 2.59. The molecule has 0 radical (unpaired) electrons. The Hall–Kier alpha value is -2.51. The third kappa shape index (κ3) is 6.50. The molecule has 7 heteroatoms. The van der Waals surface area contributed by atoms with Gasteiger partial charge in [0.15, 0.2) is 5.78 Å². The average molecular weight is 431 g/mol. The van der Waals surface area contributed by atoms with Gasteiger partial charge >= 0.3 is 0 Å². The minimum absolute atomic E-state index is 0.0254. The lowest BCUT2D eigenvalue weighted by atomic mass is 9.99. The van der Waals surface area contributed by atoms with Crippen LogP contribution in [0.1, 0.15) is 61.1 Å². The Labute approximate surface area is 179 Å². The van der Waals surface area contributed by atoms with E-state index in [-0.39, 0.29) is 35.5 Å². The Balaban J connectivity index is 1.94. The summed E-state index contributed by atoms with van der Waals surface area (Å²) in [6.07, 6.45) is 1.22. The monoisotopic (exact) mass is 430 g/mol. The third-order valence-corrected chi connectivity index (χ3v) is 6.08. The zero-order chi connectivity index (χ0) is 22.5. The van der Waals surface area contributed by atoms with Crippen LogP contribution in [0.15, 0.2) is 53.4 Å². The van der Waals surface area contributed by atoms with Crippen LogP contribution in [0.3, 0.4) is 0 Å². The fraction of sp³-hybridized carbons (Fsp3) is 0.391. The Morgan fingerprint density at radius 3 is 2.00 bits per heavy atom. The number of carbonyl (C=O) groups is 2. The molecule has 30 heavy (non-hydrogen) atoms. The molecule has 0 aliphatic rings. The van der Waals surface area contributed by atoms with Crippen LogP contribution in [-0.2, 0) is 21.2 Å². The van der Waals surface area contributed by atoms with Crippen LogP contribution in [0, 0.1) is 5.92 Å². The van der Waals surface area contributed by atoms with Gasteiger partial charge < -0.3 is 4.90 Å². The molecule has 1 amide bonds. The zero-order valence-corrected chi connectivity index (χ0v) is 18.8. The maximum Gasteiger partial charge on any atom is 0.238 e. The topological polar surface area (TPSA) is 97.5 Å². The van der Waals surface area contributed by atoms with E-state index in [1.165, 1.54) is 17.7 Å². The van der Waals surface area contributed by atoms with Crippen molar-refractivity contribution in [3.63, 3.8) is 0 Å². The van der Waals surface area contributed by atoms with Crippen LogP contribution in [0.25, 0.3) is 0 Å². The number of primary sulfonamides is 1. The minimum Gasteiger partial charge on any atom is -0.339 e. The van der Waals surface area contributed by atoms with Crippen molar-refractivity contribution in [1.29, 1.82) is 0 Å². The summed E-state index contributed by atoms with van der Waals surface area (Å²) < 4.78 is 22.7. The minimum atomic E-state index is -3.75. The van der Waals surface area contributed by atoms with E-state index in [0.717, 1.165) is 12.0 Å². The van der Waals surface area contributed by atoms with Crippen molar-refractivity contribution in [3.05, 3.63) is 65.2 Å². The van der Waals surface area contributed by atoms with Crippen LogP contribution in [0.2, 0.25) is 0 Å². The van der Waals surface area contributed by atoms with Crippen molar-refractivity contribution in [2.75, 3.05) is 7.05 Å². The smallest absolute Gasteiger partial charge is 0.238 e. The molecule has 0 aliphatic carbocycles. The largest absolute Gasteiger partial charge is 0.339 e. The Morgan fingerprint density at radius 2 is 1.50 bits per heavy atom. The molecule has 162 valence electrons. The molecule has 0 saturated carbocycles. The number of nitrogens with two attached hydrogens (primary N) is 1. The van der Waals surface area contributed by atoms with Gasteiger partial charge in [0, 0.05) is 25.5 Å². The van der Waals surface area contributed by atoms with Crippen molar-refractivity contribution in [2.45, 2.75) is 51.0 Å². The number of carbonyl (C=O) groups excluding carboxylic acids is 2. The number of benzene rings is 2. The van der Waals surface area contributed by atoms with E-state index in [1.807, 2.05) is 31.2 Å². The lowest BCUT2D eigenvalue weighted by molar-refractivity contribution is -0.131. The quantitative estimate of drug-likeness (QED) is 0.613. The zero-order valence-electron chi connectivity index (χ0n) is 18.0. The highest BCUT2D eigenvalue weighted by molar-refractivity contribution is 7.89. The van der Waals surface area contributed by atoms with Gasteiger partial charge in [0.2, 0.25) is 15.9 Å². The predicted octanol–water partition coefficient (Wildman–Crippen LogP) is 3.72. The van der Waals surface area contributed by atoms with Crippen LogP contribution in [0.4, 0.5) is 0 Å². The fourth-order valence-corrected chi connectivity index (χ4v) is 3.73. The van der Waals surface area contributed by atoms with E-state index >= 15 is 0 Å². The molecule has 0 saturated heterocycles. The van der Waals surface area contributed by atoms with Gasteiger partial charge in [-0.1, -0.05) is 50.2 Å². The molecular weight excluding hydrogens is 400 g/mol. The van der Waals surface area contributed by atoms with Gasteiger partial charge in [-0.25, -0.2) is 13.6 Å². The Kier molecular flexibility index (Phi) is 7.92. The highest BCUT2D eigenvalue weighted by Crippen LogP contribution is 2.21. The molecule has 0 unspecified atom stereocenters. The second-order valence-electron chi connectivity index (χ2n) is 8.01. The summed E-state index contributed by atoms with van der Waals surface area (Å²) in [7, 11) is -2.08. The molecule has 1 atom stereocenters. The first-order chi connectivity index (χ1) is 14.0. The van der Waals surface area contributed by atoms with Gasteiger partial charge in [0.1, 0.15) is 0 Å². The average Bonchev–Trinajstić information content (AvgIpc) is 2.70. The first kappa shape index (κ1) is 23.8. The number of hydrogen-bond acceptors (Lipinski definition) is 4. The first-order valence-electron chi connectivity index (χ1n) is 9.99. The third-order valence-electron chi connectivity index (χ3n) is 5.15. The molecule has 0 bridgehead atoms. The number of rotatable bonds is 9. The molecule has 2 aromatic carbocycles. The van der Waals surface area contributed by atoms with E-state index in [4.69, 9.17) is 5.14 Å². The summed E-state index contributed by atoms with van der Waals surface area (Å²) in [5.74, 6) is 0.346. The molecule has 0 spiro atoms. The number of ketones is 1. The molecule has 0 heterocycles. The maximum absolute atomic E-state index is 12.6. The molecule has 2 aromatic rings. The van der Waals surface area contributed by atoms with E-state index in [0.29, 0.717) is 11.5 Å². The Morgan fingerprint density at radius 1 is 0.933 bits per heavy atom. The lowest BCUT2D eigenvalue weighted by Crippen LogP contribution is -2.30. The van der Waals surface area contributed by atoms with Crippen molar-refractivity contribution in [3.8, 4) is 0 Å². The van der Waals surface area contributed by atoms with Gasteiger partial charge in [-0.2, -0.15) is 0 Å². The summed E-state index contributed by atoms with van der Waals surface area (Å²) in [4.78, 5) is 26.6. The van der Waals surface area contributed by atoms with Crippen molar-refractivity contribution in [2.24, 2.45) is 11.1 Å². The summed E-state index contributed by atoms with van der Waals surface area (Å²) in [6, 6.07) is 13.4. The van der Waals surface area contributed by atoms with Gasteiger partial charge in [-0.15, -0.1) is 0 Å². The maximum atomic E-state index is 12.6. The fourth-order valence-electron chi connectivity index (χ4n) is 3.21. The number of Topliss-reactive ketones (excluding diaryl/α,β-unsaturated/α-hetero) is 1. The second-order valence-corrected chi connectivity index (χ2v) is 9.57. The van der Waals surface area contributed by atoms with Crippen LogP contribution < -0.4 is 5.14 Å². The van der Waals surface area contributed by atoms with Crippen molar-refractivity contribution >= 4 is 21.7 Å². The Bertz CT molecular complexity index is 981. The predicted molar refractivity (Wildman–Crippen MR) is 118 cm³/mol.